The fourth-order valence-electron chi connectivity index (χ4n) is 1.27. The first-order valence-electron chi connectivity index (χ1n) is 5.51. The Kier molecular flexibility index (Phi) is 4.46. The molecular formula is C13H17FO2S. The Morgan fingerprint density at radius 1 is 1.29 bits per heavy atom. The number of rotatable bonds is 4. The zero-order chi connectivity index (χ0) is 13.1. The number of allylic oxidation sites excluding steroid dienone is 1. The van der Waals surface area contributed by atoms with E-state index in [1.165, 1.54) is 12.1 Å². The normalized spacial score (nSPS) is 13.1. The molecule has 4 heteroatoms. The molecule has 2 nitrogen and oxygen atoms in total. The molecule has 1 rings (SSSR count). The van der Waals surface area contributed by atoms with E-state index in [2.05, 4.69) is 0 Å². The summed E-state index contributed by atoms with van der Waals surface area (Å²) in [5.41, 5.74) is 0.940. The van der Waals surface area contributed by atoms with E-state index in [1.54, 1.807) is 12.1 Å². The maximum atomic E-state index is 13.6. The third kappa shape index (κ3) is 3.66. The highest BCUT2D eigenvalue weighted by molar-refractivity contribution is 7.95. The van der Waals surface area contributed by atoms with Crippen LogP contribution in [0.3, 0.4) is 0 Å². The monoisotopic (exact) mass is 256 g/mol. The molecule has 0 aliphatic rings. The summed E-state index contributed by atoms with van der Waals surface area (Å²) in [6.45, 7) is 5.66. The van der Waals surface area contributed by atoms with Gasteiger partial charge in [-0.2, -0.15) is 4.39 Å². The molecule has 0 aliphatic heterocycles. The van der Waals surface area contributed by atoms with Crippen LogP contribution in [0.5, 0.6) is 0 Å². The number of sulfone groups is 1. The Labute approximate surface area is 102 Å². The standard InChI is InChI=1S/C13H17FO2S/c1-10(2)4-9-13(14)17(15,16)12-7-5-11(3)6-8-12/h5-10H,4H2,1-3H3/b13-9+. The van der Waals surface area contributed by atoms with Gasteiger partial charge in [-0.05, 0) is 37.5 Å². The Hall–Kier alpha value is -1.16. The molecule has 0 aliphatic carbocycles. The third-order valence-electron chi connectivity index (χ3n) is 2.34. The molecule has 0 fully saturated rings. The lowest BCUT2D eigenvalue weighted by Gasteiger charge is -2.03. The number of aryl methyl sites for hydroxylation is 1. The van der Waals surface area contributed by atoms with E-state index < -0.39 is 15.0 Å². The van der Waals surface area contributed by atoms with Gasteiger partial charge < -0.3 is 0 Å². The van der Waals surface area contributed by atoms with Gasteiger partial charge in [0.1, 0.15) is 0 Å². The maximum absolute atomic E-state index is 13.6. The van der Waals surface area contributed by atoms with Crippen LogP contribution in [-0.2, 0) is 9.84 Å². The Morgan fingerprint density at radius 3 is 2.29 bits per heavy atom. The first-order chi connectivity index (χ1) is 7.84. The van der Waals surface area contributed by atoms with Crippen molar-refractivity contribution < 1.29 is 12.8 Å². The van der Waals surface area contributed by atoms with Crippen LogP contribution in [0.15, 0.2) is 40.4 Å². The predicted molar refractivity (Wildman–Crippen MR) is 67.0 cm³/mol. The van der Waals surface area contributed by atoms with Crippen LogP contribution < -0.4 is 0 Å². The second-order valence-corrected chi connectivity index (χ2v) is 6.32. The first-order valence-corrected chi connectivity index (χ1v) is 6.99. The fourth-order valence-corrected chi connectivity index (χ4v) is 2.30. The van der Waals surface area contributed by atoms with Crippen molar-refractivity contribution in [3.8, 4) is 0 Å². The van der Waals surface area contributed by atoms with E-state index in [0.717, 1.165) is 11.6 Å². The van der Waals surface area contributed by atoms with E-state index in [1.807, 2.05) is 20.8 Å². The molecule has 0 spiro atoms. The molecule has 0 unspecified atom stereocenters. The number of hydrogen-bond donors (Lipinski definition) is 0. The van der Waals surface area contributed by atoms with Crippen molar-refractivity contribution >= 4 is 9.84 Å². The first kappa shape index (κ1) is 13.9. The topological polar surface area (TPSA) is 34.1 Å². The largest absolute Gasteiger partial charge is 0.232 e. The van der Waals surface area contributed by atoms with E-state index in [0.29, 0.717) is 6.42 Å². The smallest absolute Gasteiger partial charge is 0.216 e. The van der Waals surface area contributed by atoms with E-state index in [9.17, 15) is 12.8 Å². The van der Waals surface area contributed by atoms with Gasteiger partial charge in [0, 0.05) is 0 Å². The summed E-state index contributed by atoms with van der Waals surface area (Å²) < 4.78 is 37.2. The van der Waals surface area contributed by atoms with Crippen LogP contribution >= 0.6 is 0 Å². The van der Waals surface area contributed by atoms with E-state index in [4.69, 9.17) is 0 Å². The molecule has 0 N–H and O–H groups in total. The summed E-state index contributed by atoms with van der Waals surface area (Å²) in [6, 6.07) is 6.16. The second-order valence-electron chi connectivity index (χ2n) is 4.45. The van der Waals surface area contributed by atoms with Gasteiger partial charge in [0.15, 0.2) is 0 Å². The molecule has 17 heavy (non-hydrogen) atoms. The van der Waals surface area contributed by atoms with E-state index in [-0.39, 0.29) is 10.8 Å². The maximum Gasteiger partial charge on any atom is 0.232 e. The molecule has 0 bridgehead atoms. The highest BCUT2D eigenvalue weighted by atomic mass is 32.2. The molecule has 0 heterocycles. The Morgan fingerprint density at radius 2 is 1.82 bits per heavy atom. The van der Waals surface area contributed by atoms with Gasteiger partial charge in [-0.3, -0.25) is 0 Å². The van der Waals surface area contributed by atoms with Gasteiger partial charge in [0.2, 0.25) is 15.0 Å². The highest BCUT2D eigenvalue weighted by Gasteiger charge is 2.20. The van der Waals surface area contributed by atoms with Crippen LogP contribution in [-0.4, -0.2) is 8.42 Å². The Balaban J connectivity index is 3.03. The van der Waals surface area contributed by atoms with Gasteiger partial charge >= 0.3 is 0 Å². The summed E-state index contributed by atoms with van der Waals surface area (Å²) in [5.74, 6) is 0.231. The molecule has 0 radical (unpaired) electrons. The van der Waals surface area contributed by atoms with Crippen molar-refractivity contribution in [2.45, 2.75) is 32.1 Å². The quantitative estimate of drug-likeness (QED) is 0.824. The molecule has 0 aromatic heterocycles. The lowest BCUT2D eigenvalue weighted by Crippen LogP contribution is -2.02. The molecule has 94 valence electrons. The van der Waals surface area contributed by atoms with Crippen molar-refractivity contribution in [1.29, 1.82) is 0 Å². The third-order valence-corrected chi connectivity index (χ3v) is 3.91. The van der Waals surface area contributed by atoms with Gasteiger partial charge in [0.25, 0.3) is 0 Å². The summed E-state index contributed by atoms with van der Waals surface area (Å²) in [5, 5.41) is -1.06. The molecule has 1 aromatic rings. The summed E-state index contributed by atoms with van der Waals surface area (Å²) in [7, 11) is -3.96. The lowest BCUT2D eigenvalue weighted by molar-refractivity contribution is 0.571. The molecule has 0 saturated heterocycles. The van der Waals surface area contributed by atoms with Crippen molar-refractivity contribution in [2.75, 3.05) is 0 Å². The van der Waals surface area contributed by atoms with Crippen LogP contribution in [0.2, 0.25) is 0 Å². The van der Waals surface area contributed by atoms with Crippen molar-refractivity contribution in [2.24, 2.45) is 5.92 Å². The average Bonchev–Trinajstić information content (AvgIpc) is 2.26. The van der Waals surface area contributed by atoms with Crippen molar-refractivity contribution in [3.63, 3.8) is 0 Å². The highest BCUT2D eigenvalue weighted by Crippen LogP contribution is 2.21. The van der Waals surface area contributed by atoms with Crippen LogP contribution in [0.1, 0.15) is 25.8 Å². The lowest BCUT2D eigenvalue weighted by atomic mass is 10.1. The Bertz CT molecular complexity index is 499. The number of hydrogen-bond acceptors (Lipinski definition) is 2. The summed E-state index contributed by atoms with van der Waals surface area (Å²) in [4.78, 5) is 0.000561. The van der Waals surface area contributed by atoms with Gasteiger partial charge in [-0.1, -0.05) is 31.5 Å². The zero-order valence-corrected chi connectivity index (χ0v) is 11.1. The minimum atomic E-state index is -3.96. The van der Waals surface area contributed by atoms with Crippen LogP contribution in [0.25, 0.3) is 0 Å². The van der Waals surface area contributed by atoms with Gasteiger partial charge in [0.05, 0.1) is 4.90 Å². The minimum Gasteiger partial charge on any atom is -0.216 e. The summed E-state index contributed by atoms with van der Waals surface area (Å²) in [6.07, 6.45) is 1.55. The molecule has 0 amide bonds. The second kappa shape index (κ2) is 5.45. The van der Waals surface area contributed by atoms with E-state index >= 15 is 0 Å². The van der Waals surface area contributed by atoms with Gasteiger partial charge in [-0.25, -0.2) is 8.42 Å². The fraction of sp³-hybridized carbons (Fsp3) is 0.385. The van der Waals surface area contributed by atoms with Crippen LogP contribution in [0, 0.1) is 12.8 Å². The minimum absolute atomic E-state index is 0.000561. The van der Waals surface area contributed by atoms with Crippen molar-refractivity contribution in [1.82, 2.24) is 0 Å². The number of halogens is 1. The molecule has 0 atom stereocenters. The SMILES string of the molecule is Cc1ccc(S(=O)(=O)/C(F)=C/CC(C)C)cc1. The molecule has 1 aromatic carbocycles. The molecule has 0 saturated carbocycles. The molecular weight excluding hydrogens is 239 g/mol. The van der Waals surface area contributed by atoms with Gasteiger partial charge in [-0.15, -0.1) is 0 Å². The summed E-state index contributed by atoms with van der Waals surface area (Å²) >= 11 is 0. The predicted octanol–water partition coefficient (Wildman–Crippen LogP) is 3.63. The average molecular weight is 256 g/mol. The number of benzene rings is 1. The van der Waals surface area contributed by atoms with Crippen LogP contribution in [0.4, 0.5) is 4.39 Å². The zero-order valence-electron chi connectivity index (χ0n) is 10.3. The van der Waals surface area contributed by atoms with Crippen molar-refractivity contribution in [3.05, 3.63) is 41.1 Å².